The maximum atomic E-state index is 13.2. The molecule has 1 atom stereocenters. The molecule has 2 fully saturated rings. The van der Waals surface area contributed by atoms with Crippen molar-refractivity contribution in [3.63, 3.8) is 0 Å². The van der Waals surface area contributed by atoms with Gasteiger partial charge in [-0.3, -0.25) is 14.4 Å². The van der Waals surface area contributed by atoms with Gasteiger partial charge in [0.05, 0.1) is 18.3 Å². The Morgan fingerprint density at radius 1 is 1.36 bits per heavy atom. The van der Waals surface area contributed by atoms with Crippen LogP contribution < -0.4 is 5.32 Å². The van der Waals surface area contributed by atoms with Crippen LogP contribution in [0.5, 0.6) is 0 Å². The first kappa shape index (κ1) is 17.0. The molecule has 0 bridgehead atoms. The van der Waals surface area contributed by atoms with E-state index in [2.05, 4.69) is 22.4 Å². The van der Waals surface area contributed by atoms with E-state index in [1.165, 1.54) is 12.8 Å². The van der Waals surface area contributed by atoms with E-state index in [-0.39, 0.29) is 18.6 Å². The second-order valence-corrected chi connectivity index (χ2v) is 8.05. The first-order valence-electron chi connectivity index (χ1n) is 9.37. The van der Waals surface area contributed by atoms with Gasteiger partial charge in [0.1, 0.15) is 0 Å². The predicted octanol–water partition coefficient (Wildman–Crippen LogP) is -0.129. The summed E-state index contributed by atoms with van der Waals surface area (Å²) in [5.41, 5.74) is 3.22. The van der Waals surface area contributed by atoms with E-state index in [4.69, 9.17) is 0 Å². The molecule has 0 aliphatic carbocycles. The van der Waals surface area contributed by atoms with Crippen molar-refractivity contribution in [1.29, 1.82) is 0 Å². The van der Waals surface area contributed by atoms with Gasteiger partial charge in [-0.1, -0.05) is 0 Å². The minimum Gasteiger partial charge on any atom is -0.390 e. The second kappa shape index (κ2) is 6.37. The number of piperidine rings is 1. The van der Waals surface area contributed by atoms with Gasteiger partial charge < -0.3 is 15.3 Å². The number of nitrogens with one attached hydrogen (secondary N) is 1. The van der Waals surface area contributed by atoms with E-state index in [1.807, 2.05) is 16.6 Å². The summed E-state index contributed by atoms with van der Waals surface area (Å²) in [6.07, 6.45) is 4.13. The van der Waals surface area contributed by atoms with Crippen molar-refractivity contribution in [2.75, 3.05) is 33.2 Å². The molecule has 4 rings (SSSR count). The molecule has 0 saturated carbocycles. The Bertz CT molecular complexity index is 665. The smallest absolute Gasteiger partial charge is 0.240 e. The number of nitrogens with zero attached hydrogens (tertiary/aromatic N) is 4. The van der Waals surface area contributed by atoms with Crippen molar-refractivity contribution >= 4 is 5.91 Å². The molecular formula is C18H29N5O2. The van der Waals surface area contributed by atoms with Gasteiger partial charge in [-0.05, 0) is 44.8 Å². The van der Waals surface area contributed by atoms with Gasteiger partial charge in [0.15, 0.2) is 0 Å². The first-order valence-corrected chi connectivity index (χ1v) is 9.37. The van der Waals surface area contributed by atoms with Crippen molar-refractivity contribution in [3.05, 3.63) is 17.0 Å². The monoisotopic (exact) mass is 347 g/mol. The minimum absolute atomic E-state index is 0.00565. The van der Waals surface area contributed by atoms with Crippen LogP contribution in [0.15, 0.2) is 0 Å². The van der Waals surface area contributed by atoms with Crippen LogP contribution in [0.1, 0.15) is 36.2 Å². The largest absolute Gasteiger partial charge is 0.390 e. The lowest BCUT2D eigenvalue weighted by molar-refractivity contribution is -0.136. The van der Waals surface area contributed by atoms with E-state index < -0.39 is 0 Å². The van der Waals surface area contributed by atoms with Crippen LogP contribution in [0.2, 0.25) is 0 Å². The van der Waals surface area contributed by atoms with Gasteiger partial charge in [-0.15, -0.1) is 0 Å². The lowest BCUT2D eigenvalue weighted by Crippen LogP contribution is -2.46. The number of hydrogen-bond donors (Lipinski definition) is 2. The Morgan fingerprint density at radius 3 is 2.84 bits per heavy atom. The highest BCUT2D eigenvalue weighted by Gasteiger charge is 2.46. The van der Waals surface area contributed by atoms with Crippen molar-refractivity contribution < 1.29 is 9.90 Å². The molecule has 2 saturated heterocycles. The number of likely N-dealkylation sites (tertiary alicyclic amines) is 1. The molecule has 0 unspecified atom stereocenters. The highest BCUT2D eigenvalue weighted by Crippen LogP contribution is 2.42. The number of aliphatic hydroxyl groups is 1. The zero-order valence-electron chi connectivity index (χ0n) is 15.3. The quantitative estimate of drug-likeness (QED) is 0.780. The summed E-state index contributed by atoms with van der Waals surface area (Å²) in [4.78, 5) is 17.5. The summed E-state index contributed by atoms with van der Waals surface area (Å²) in [7, 11) is 4.01. The number of aliphatic hydroxyl groups excluding tert-OH is 1. The van der Waals surface area contributed by atoms with Gasteiger partial charge in [0.25, 0.3) is 0 Å². The number of carbonyl (C=O) groups is 1. The van der Waals surface area contributed by atoms with E-state index in [0.717, 1.165) is 50.3 Å². The van der Waals surface area contributed by atoms with E-state index in [0.29, 0.717) is 17.7 Å². The number of carbonyl (C=O) groups excluding carboxylic acids is 1. The number of fused-ring (bicyclic) bond motifs is 1. The second-order valence-electron chi connectivity index (χ2n) is 8.05. The molecule has 0 radical (unpaired) electrons. The van der Waals surface area contributed by atoms with Crippen LogP contribution in [0, 0.1) is 5.41 Å². The van der Waals surface area contributed by atoms with Crippen LogP contribution >= 0.6 is 0 Å². The molecule has 25 heavy (non-hydrogen) atoms. The average molecular weight is 347 g/mol. The van der Waals surface area contributed by atoms with E-state index in [1.54, 1.807) is 0 Å². The van der Waals surface area contributed by atoms with Gasteiger partial charge in [-0.25, -0.2) is 0 Å². The molecule has 1 aromatic heterocycles. The van der Waals surface area contributed by atoms with Gasteiger partial charge in [0, 0.05) is 44.4 Å². The first-order chi connectivity index (χ1) is 12.0. The van der Waals surface area contributed by atoms with E-state index >= 15 is 0 Å². The highest BCUT2D eigenvalue weighted by atomic mass is 16.3. The van der Waals surface area contributed by atoms with E-state index in [9.17, 15) is 9.90 Å². The number of rotatable bonds is 2. The summed E-state index contributed by atoms with van der Waals surface area (Å²) < 4.78 is 1.86. The topological polar surface area (TPSA) is 73.6 Å². The summed E-state index contributed by atoms with van der Waals surface area (Å²) in [6, 6.07) is -0.00565. The summed E-state index contributed by atoms with van der Waals surface area (Å²) >= 11 is 0. The molecule has 2 N–H and O–H groups in total. The molecule has 4 heterocycles. The number of hydrogen-bond acceptors (Lipinski definition) is 5. The fourth-order valence-corrected chi connectivity index (χ4v) is 5.06. The zero-order chi connectivity index (χ0) is 17.6. The molecule has 0 aromatic carbocycles. The number of aryl methyl sites for hydroxylation is 1. The lowest BCUT2D eigenvalue weighted by atomic mass is 9.77. The Labute approximate surface area is 149 Å². The number of likely N-dealkylation sites (N-methyl/N-ethyl adjacent to an activating group) is 1. The molecule has 7 heteroatoms. The average Bonchev–Trinajstić information content (AvgIpc) is 3.11. The third-order valence-corrected chi connectivity index (χ3v) is 6.48. The normalized spacial score (nSPS) is 26.2. The van der Waals surface area contributed by atoms with Gasteiger partial charge in [-0.2, -0.15) is 5.10 Å². The molecule has 1 amide bonds. The zero-order valence-corrected chi connectivity index (χ0v) is 15.3. The van der Waals surface area contributed by atoms with Crippen molar-refractivity contribution in [1.82, 2.24) is 24.9 Å². The molecule has 3 aliphatic heterocycles. The molecule has 1 aromatic rings. The molecule has 1 spiro atoms. The van der Waals surface area contributed by atoms with Crippen molar-refractivity contribution in [3.8, 4) is 0 Å². The number of amides is 1. The highest BCUT2D eigenvalue weighted by molar-refractivity contribution is 5.82. The molecule has 3 aliphatic rings. The van der Waals surface area contributed by atoms with Crippen LogP contribution in [0.3, 0.4) is 0 Å². The fraction of sp³-hybridized carbons (Fsp3) is 0.778. The Hall–Kier alpha value is -1.44. The minimum atomic E-state index is -0.0648. The summed E-state index contributed by atoms with van der Waals surface area (Å²) in [6.45, 7) is 4.42. The maximum absolute atomic E-state index is 13.2. The molecule has 7 nitrogen and oxygen atoms in total. The van der Waals surface area contributed by atoms with Crippen LogP contribution in [-0.2, 0) is 31.4 Å². The van der Waals surface area contributed by atoms with Crippen LogP contribution in [0.25, 0.3) is 0 Å². The predicted molar refractivity (Wildman–Crippen MR) is 93.8 cm³/mol. The Morgan fingerprint density at radius 2 is 2.12 bits per heavy atom. The fourth-order valence-electron chi connectivity index (χ4n) is 5.06. The third kappa shape index (κ3) is 2.88. The Balaban J connectivity index is 1.50. The summed E-state index contributed by atoms with van der Waals surface area (Å²) in [5.74, 6) is 0.247. The Kier molecular flexibility index (Phi) is 4.33. The van der Waals surface area contributed by atoms with Gasteiger partial charge >= 0.3 is 0 Å². The van der Waals surface area contributed by atoms with Crippen LogP contribution in [0.4, 0.5) is 0 Å². The van der Waals surface area contributed by atoms with Crippen molar-refractivity contribution in [2.45, 2.75) is 44.9 Å². The van der Waals surface area contributed by atoms with Crippen molar-refractivity contribution in [2.24, 2.45) is 12.5 Å². The van der Waals surface area contributed by atoms with Gasteiger partial charge in [0.2, 0.25) is 5.91 Å². The maximum Gasteiger partial charge on any atom is 0.240 e. The standard InChI is InChI=1S/C18H29N5O2/c1-21-12-18(4-6-19-7-5-18)9-16(21)17(25)23-8-3-15-13(10-23)14(11-24)20-22(15)2/h16,19,24H,3-12H2,1-2H3/t16-/m0/s1. The molecular weight excluding hydrogens is 318 g/mol. The van der Waals surface area contributed by atoms with Crippen LogP contribution in [-0.4, -0.2) is 69.9 Å². The lowest BCUT2D eigenvalue weighted by Gasteiger charge is -2.34. The molecule has 138 valence electrons. The summed E-state index contributed by atoms with van der Waals surface area (Å²) in [5, 5.41) is 17.4. The SMILES string of the molecule is CN1CC2(CCNCC2)C[C@H]1C(=O)N1CCc2c(c(CO)nn2C)C1. The third-order valence-electron chi connectivity index (χ3n) is 6.48. The number of aromatic nitrogens is 2.